The van der Waals surface area contributed by atoms with Crippen molar-refractivity contribution in [2.75, 3.05) is 0 Å². The molecule has 0 amide bonds. The van der Waals surface area contributed by atoms with Gasteiger partial charge >= 0.3 is 5.69 Å². The number of halogens is 1. The number of rotatable bonds is 4. The quantitative estimate of drug-likeness (QED) is 0.457. The maximum Gasteiger partial charge on any atom is 0.309 e. The molecule has 1 rings (SSSR count). The fraction of sp³-hybridized carbons (Fsp3) is 0.273. The second-order valence-electron chi connectivity index (χ2n) is 3.59. The third-order valence-electron chi connectivity index (χ3n) is 2.32. The molecule has 0 atom stereocenters. The second-order valence-corrected chi connectivity index (χ2v) is 3.59. The number of hydrogen-bond acceptors (Lipinski definition) is 4. The van der Waals surface area contributed by atoms with E-state index in [1.54, 1.807) is 0 Å². The number of nitro groups is 1. The molecule has 0 aromatic heterocycles. The fourth-order valence-electron chi connectivity index (χ4n) is 1.68. The van der Waals surface area contributed by atoms with Crippen molar-refractivity contribution in [1.29, 1.82) is 0 Å². The summed E-state index contributed by atoms with van der Waals surface area (Å²) < 4.78 is 13.3. The Morgan fingerprint density at radius 1 is 1.29 bits per heavy atom. The van der Waals surface area contributed by atoms with Gasteiger partial charge in [-0.1, -0.05) is 12.1 Å². The highest BCUT2D eigenvalue weighted by molar-refractivity contribution is 6.06. The van der Waals surface area contributed by atoms with Crippen LogP contribution in [0.2, 0.25) is 0 Å². The molecule has 6 heteroatoms. The molecule has 0 saturated carbocycles. The Morgan fingerprint density at radius 2 is 1.82 bits per heavy atom. The molecule has 0 aliphatic heterocycles. The maximum absolute atomic E-state index is 13.3. The number of Topliss-reactive ketones (excluding diaryl/α,β-unsaturated/α-hetero) is 2. The van der Waals surface area contributed by atoms with Crippen molar-refractivity contribution in [1.82, 2.24) is 0 Å². The van der Waals surface area contributed by atoms with E-state index in [9.17, 15) is 24.1 Å². The summed E-state index contributed by atoms with van der Waals surface area (Å²) in [6.45, 7) is 2.28. The molecule has 0 saturated heterocycles. The number of para-hydroxylation sites is 1. The highest BCUT2D eigenvalue weighted by Gasteiger charge is 2.31. The first-order valence-electron chi connectivity index (χ1n) is 4.80. The maximum atomic E-state index is 13.3. The Bertz CT molecular complexity index is 484. The Labute approximate surface area is 96.4 Å². The van der Waals surface area contributed by atoms with Gasteiger partial charge in [0.2, 0.25) is 5.82 Å². The van der Waals surface area contributed by atoms with Crippen LogP contribution in [-0.4, -0.2) is 16.5 Å². The van der Waals surface area contributed by atoms with E-state index < -0.39 is 33.9 Å². The first kappa shape index (κ1) is 13.0. The van der Waals surface area contributed by atoms with Crippen LogP contribution in [0.1, 0.15) is 25.3 Å². The first-order valence-corrected chi connectivity index (χ1v) is 4.80. The summed E-state index contributed by atoms with van der Waals surface area (Å²) in [6, 6.07) is 3.37. The number of nitro benzene ring substituents is 1. The number of carbonyl (C=O) groups excluding carboxylic acids is 2. The van der Waals surface area contributed by atoms with Crippen LogP contribution in [0.5, 0.6) is 0 Å². The zero-order valence-electron chi connectivity index (χ0n) is 9.27. The molecule has 1 aromatic carbocycles. The van der Waals surface area contributed by atoms with Crippen molar-refractivity contribution < 1.29 is 18.9 Å². The summed E-state index contributed by atoms with van der Waals surface area (Å²) in [5.74, 6) is -3.44. The van der Waals surface area contributed by atoms with Gasteiger partial charge in [0.1, 0.15) is 17.5 Å². The van der Waals surface area contributed by atoms with E-state index in [-0.39, 0.29) is 5.56 Å². The average molecular weight is 239 g/mol. The van der Waals surface area contributed by atoms with Crippen LogP contribution < -0.4 is 0 Å². The van der Waals surface area contributed by atoms with Gasteiger partial charge in [0.05, 0.1) is 10.5 Å². The van der Waals surface area contributed by atoms with E-state index in [2.05, 4.69) is 0 Å². The first-order chi connectivity index (χ1) is 7.86. The Balaban J connectivity index is 3.48. The molecule has 17 heavy (non-hydrogen) atoms. The van der Waals surface area contributed by atoms with Gasteiger partial charge in [-0.2, -0.15) is 4.39 Å². The van der Waals surface area contributed by atoms with Gasteiger partial charge in [-0.05, 0) is 19.9 Å². The molecule has 0 bridgehead atoms. The SMILES string of the molecule is CC(=O)C(C(C)=O)c1cccc(F)c1[N+](=O)[O-]. The van der Waals surface area contributed by atoms with Crippen molar-refractivity contribution in [3.8, 4) is 0 Å². The van der Waals surface area contributed by atoms with Crippen LogP contribution in [0.25, 0.3) is 0 Å². The van der Waals surface area contributed by atoms with Gasteiger partial charge < -0.3 is 0 Å². The highest BCUT2D eigenvalue weighted by Crippen LogP contribution is 2.30. The smallest absolute Gasteiger partial charge is 0.299 e. The van der Waals surface area contributed by atoms with Crippen LogP contribution in [0, 0.1) is 15.9 Å². The monoisotopic (exact) mass is 239 g/mol. The molecule has 0 N–H and O–H groups in total. The summed E-state index contributed by atoms with van der Waals surface area (Å²) in [7, 11) is 0. The van der Waals surface area contributed by atoms with E-state index in [0.29, 0.717) is 0 Å². The summed E-state index contributed by atoms with van der Waals surface area (Å²) in [5.41, 5.74) is -1.02. The third-order valence-corrected chi connectivity index (χ3v) is 2.32. The number of hydrogen-bond donors (Lipinski definition) is 0. The Hall–Kier alpha value is -2.11. The number of benzene rings is 1. The van der Waals surface area contributed by atoms with E-state index in [0.717, 1.165) is 19.9 Å². The van der Waals surface area contributed by atoms with Crippen LogP contribution in [0.4, 0.5) is 10.1 Å². The molecule has 0 spiro atoms. The van der Waals surface area contributed by atoms with Gasteiger partial charge in [0, 0.05) is 0 Å². The minimum Gasteiger partial charge on any atom is -0.299 e. The Morgan fingerprint density at radius 3 is 2.24 bits per heavy atom. The van der Waals surface area contributed by atoms with Crippen LogP contribution in [0.3, 0.4) is 0 Å². The van der Waals surface area contributed by atoms with Crippen molar-refractivity contribution in [3.63, 3.8) is 0 Å². The Kier molecular flexibility index (Phi) is 3.67. The highest BCUT2D eigenvalue weighted by atomic mass is 19.1. The normalized spacial score (nSPS) is 10.4. The lowest BCUT2D eigenvalue weighted by atomic mass is 9.90. The van der Waals surface area contributed by atoms with E-state index in [1.165, 1.54) is 12.1 Å². The van der Waals surface area contributed by atoms with Crippen molar-refractivity contribution in [2.45, 2.75) is 19.8 Å². The lowest BCUT2D eigenvalue weighted by Crippen LogP contribution is -2.18. The molecular weight excluding hydrogens is 229 g/mol. The van der Waals surface area contributed by atoms with Crippen LogP contribution in [0.15, 0.2) is 18.2 Å². The topological polar surface area (TPSA) is 77.3 Å². The van der Waals surface area contributed by atoms with Crippen molar-refractivity contribution >= 4 is 17.3 Å². The third kappa shape index (κ3) is 2.52. The van der Waals surface area contributed by atoms with E-state index >= 15 is 0 Å². The fourth-order valence-corrected chi connectivity index (χ4v) is 1.68. The van der Waals surface area contributed by atoms with Gasteiger partial charge in [-0.25, -0.2) is 0 Å². The largest absolute Gasteiger partial charge is 0.309 e. The average Bonchev–Trinajstić information content (AvgIpc) is 2.15. The standard InChI is InChI=1S/C11H10FNO4/c1-6(14)10(7(2)15)8-4-3-5-9(12)11(8)13(16)17/h3-5,10H,1-2H3. The molecule has 90 valence electrons. The molecule has 0 heterocycles. The van der Waals surface area contributed by atoms with E-state index in [1.807, 2.05) is 0 Å². The number of ketones is 2. The molecule has 1 aromatic rings. The number of carbonyl (C=O) groups is 2. The van der Waals surface area contributed by atoms with Crippen LogP contribution >= 0.6 is 0 Å². The molecule has 0 radical (unpaired) electrons. The van der Waals surface area contributed by atoms with Gasteiger partial charge in [0.25, 0.3) is 0 Å². The number of nitrogens with zero attached hydrogens (tertiary/aromatic N) is 1. The molecule has 0 aliphatic rings. The minimum atomic E-state index is -1.29. The molecule has 0 aliphatic carbocycles. The van der Waals surface area contributed by atoms with Gasteiger partial charge in [-0.3, -0.25) is 19.7 Å². The lowest BCUT2D eigenvalue weighted by Gasteiger charge is -2.10. The summed E-state index contributed by atoms with van der Waals surface area (Å²) in [5, 5.41) is 10.7. The predicted molar refractivity (Wildman–Crippen MR) is 57.2 cm³/mol. The zero-order valence-corrected chi connectivity index (χ0v) is 9.27. The lowest BCUT2D eigenvalue weighted by molar-refractivity contribution is -0.388. The summed E-state index contributed by atoms with van der Waals surface area (Å²) in [6.07, 6.45) is 0. The molecule has 5 nitrogen and oxygen atoms in total. The summed E-state index contributed by atoms with van der Waals surface area (Å²) in [4.78, 5) is 32.4. The predicted octanol–water partition coefficient (Wildman–Crippen LogP) is 2.00. The van der Waals surface area contributed by atoms with Gasteiger partial charge in [0.15, 0.2) is 0 Å². The van der Waals surface area contributed by atoms with Gasteiger partial charge in [-0.15, -0.1) is 0 Å². The zero-order chi connectivity index (χ0) is 13.2. The van der Waals surface area contributed by atoms with Crippen molar-refractivity contribution in [3.05, 3.63) is 39.7 Å². The van der Waals surface area contributed by atoms with Crippen LogP contribution in [-0.2, 0) is 9.59 Å². The minimum absolute atomic E-state index is 0.199. The second kappa shape index (κ2) is 4.82. The molecule has 0 fully saturated rings. The van der Waals surface area contributed by atoms with E-state index in [4.69, 9.17) is 0 Å². The van der Waals surface area contributed by atoms with Crippen molar-refractivity contribution in [2.24, 2.45) is 0 Å². The summed E-state index contributed by atoms with van der Waals surface area (Å²) >= 11 is 0. The molecular formula is C11H10FNO4. The molecule has 0 unspecified atom stereocenters.